The number of hydrogen-bond acceptors (Lipinski definition) is 12. The van der Waals surface area contributed by atoms with Crippen LogP contribution in [-0.2, 0) is 4.74 Å². The maximum atomic E-state index is 13.9. The van der Waals surface area contributed by atoms with Gasteiger partial charge in [-0.2, -0.15) is 0 Å². The van der Waals surface area contributed by atoms with E-state index in [1.54, 1.807) is 6.07 Å². The first-order valence-corrected chi connectivity index (χ1v) is 21.7. The van der Waals surface area contributed by atoms with E-state index < -0.39 is 11.6 Å². The van der Waals surface area contributed by atoms with E-state index in [-0.39, 0.29) is 52.0 Å². The Morgan fingerprint density at radius 2 is 0.984 bits per heavy atom. The highest BCUT2D eigenvalue weighted by Gasteiger charge is 2.19. The lowest BCUT2D eigenvalue weighted by Crippen LogP contribution is -2.14. The van der Waals surface area contributed by atoms with Gasteiger partial charge >= 0.3 is 0 Å². The second kappa shape index (κ2) is 23.2. The molecular weight excluding hydrogens is 931 g/mol. The smallest absolute Gasteiger partial charge is 0.178 e. The number of anilines is 3. The molecule has 62 heavy (non-hydrogen) atoms. The highest BCUT2D eigenvalue weighted by molar-refractivity contribution is 9.10. The van der Waals surface area contributed by atoms with Gasteiger partial charge in [0.15, 0.2) is 11.6 Å². The van der Waals surface area contributed by atoms with E-state index in [0.717, 1.165) is 29.4 Å². The quantitative estimate of drug-likeness (QED) is 0.0642. The molecule has 0 fully saturated rings. The normalized spacial score (nSPS) is 10.8. The molecule has 3 N–H and O–H groups in total. The Kier molecular flexibility index (Phi) is 19.1. The van der Waals surface area contributed by atoms with Gasteiger partial charge in [-0.15, -0.1) is 0 Å². The second-order valence-electron chi connectivity index (χ2n) is 14.9. The zero-order valence-electron chi connectivity index (χ0n) is 37.1. The molecule has 0 aliphatic rings. The maximum Gasteiger partial charge on any atom is 0.178 e. The van der Waals surface area contributed by atoms with E-state index in [9.17, 15) is 22.8 Å². The molecule has 0 atom stereocenters. The predicted molar refractivity (Wildman–Crippen MR) is 251 cm³/mol. The molecule has 0 spiro atoms. The molecule has 6 rings (SSSR count). The molecule has 0 saturated heterocycles. The molecule has 0 aliphatic heterocycles. The average Bonchev–Trinajstić information content (AvgIpc) is 3.17. The number of hydrogen-bond donors (Lipinski definition) is 3. The third kappa shape index (κ3) is 13.9. The maximum absolute atomic E-state index is 13.9. The topological polar surface area (TPSA) is 157 Å². The van der Waals surface area contributed by atoms with Crippen molar-refractivity contribution >= 4 is 94.0 Å². The number of allylic oxidation sites excluding steroid dienone is 1. The van der Waals surface area contributed by atoms with E-state index in [1.807, 2.05) is 76.2 Å². The lowest BCUT2D eigenvalue weighted by Gasteiger charge is -2.13. The van der Waals surface area contributed by atoms with Crippen LogP contribution in [0.1, 0.15) is 100 Å². The van der Waals surface area contributed by atoms with Crippen LogP contribution in [0.25, 0.3) is 33.1 Å². The van der Waals surface area contributed by atoms with Crippen LogP contribution in [0.5, 0.6) is 0 Å². The van der Waals surface area contributed by atoms with Crippen molar-refractivity contribution in [1.82, 2.24) is 29.9 Å². The minimum Gasteiger partial charge on any atom is -0.499 e. The third-order valence-electron chi connectivity index (χ3n) is 8.24. The summed E-state index contributed by atoms with van der Waals surface area (Å²) in [5.74, 6) is 0.475. The number of nitrogens with one attached hydrogen (secondary N) is 3. The molecule has 3 aromatic heterocycles. The zero-order valence-corrected chi connectivity index (χ0v) is 40.3. The summed E-state index contributed by atoms with van der Waals surface area (Å²) in [6, 6.07) is 9.21. The van der Waals surface area contributed by atoms with Crippen LogP contribution >= 0.6 is 31.9 Å². The molecule has 0 saturated carbocycles. The van der Waals surface area contributed by atoms with Crippen molar-refractivity contribution in [3.8, 4) is 0 Å². The second-order valence-corrected chi connectivity index (χ2v) is 16.3. The first-order valence-electron chi connectivity index (χ1n) is 19.8. The first-order chi connectivity index (χ1) is 29.1. The standard InChI is InChI=1S/C14H15BrFN3O.C14H16FN3O.C12H13BrFN3.C5H10O/c1-7(2)17-14-8(3)18-10-5-4-9(16)12(11(20)6-15)13(10)19-14;1-7(2)16-14-8(3)17-11-6-5-10(15)12(9(4)19)13(11)18-14;1-6(2)15-12-7(3)16-9-5-4-8(14)10(13)11(9)17-12;1-4-6-5(2)3/h4-5,7H,6H2,1-3H3,(H,17,19);5-7H,1-4H3,(H,16,18);4-6H,1-3H3,(H,15,17);2,4H2,1,3H3. The van der Waals surface area contributed by atoms with Crippen LogP contribution in [0.3, 0.4) is 0 Å². The Labute approximate surface area is 377 Å². The largest absolute Gasteiger partial charge is 0.499 e. The van der Waals surface area contributed by atoms with Gasteiger partial charge in [0.1, 0.15) is 51.5 Å². The summed E-state index contributed by atoms with van der Waals surface area (Å²) in [4.78, 5) is 49.8. The van der Waals surface area contributed by atoms with Crippen LogP contribution in [0.2, 0.25) is 0 Å². The van der Waals surface area contributed by atoms with Crippen LogP contribution in [0, 0.1) is 38.2 Å². The third-order valence-corrected chi connectivity index (χ3v) is 9.51. The molecule has 0 aliphatic carbocycles. The van der Waals surface area contributed by atoms with Gasteiger partial charge in [-0.3, -0.25) is 9.59 Å². The Bertz CT molecular complexity index is 2570. The molecule has 3 aromatic carbocycles. The van der Waals surface area contributed by atoms with E-state index in [2.05, 4.69) is 84.3 Å². The number of carbonyl (C=O) groups excluding carboxylic acids is 2. The molecule has 0 amide bonds. The molecular formula is C45H54Br2F3N9O3. The number of halogens is 5. The lowest BCUT2D eigenvalue weighted by atomic mass is 10.1. The van der Waals surface area contributed by atoms with Gasteiger partial charge in [0.05, 0.1) is 66.9 Å². The fraction of sp³-hybridized carbons (Fsp3) is 0.378. The van der Waals surface area contributed by atoms with Crippen molar-refractivity contribution < 1.29 is 27.5 Å². The van der Waals surface area contributed by atoms with Gasteiger partial charge in [0.2, 0.25) is 0 Å². The lowest BCUT2D eigenvalue weighted by molar-refractivity contribution is 0.100. The van der Waals surface area contributed by atoms with Gasteiger partial charge in [-0.25, -0.2) is 43.1 Å². The highest BCUT2D eigenvalue weighted by Crippen LogP contribution is 2.27. The van der Waals surface area contributed by atoms with Gasteiger partial charge in [0.25, 0.3) is 0 Å². The number of Topliss-reactive ketones (excluding diaryl/α,β-unsaturated/α-hetero) is 2. The number of rotatable bonds is 11. The number of fused-ring (bicyclic) bond motifs is 3. The van der Waals surface area contributed by atoms with Gasteiger partial charge in [0, 0.05) is 18.1 Å². The summed E-state index contributed by atoms with van der Waals surface area (Å²) >= 11 is 6.27. The monoisotopic (exact) mass is 983 g/mol. The summed E-state index contributed by atoms with van der Waals surface area (Å²) in [7, 11) is 0. The Hall–Kier alpha value is -5.29. The number of carbonyl (C=O) groups is 2. The molecule has 6 aromatic rings. The summed E-state index contributed by atoms with van der Waals surface area (Å²) in [6.45, 7) is 26.8. The van der Waals surface area contributed by atoms with Crippen LogP contribution in [0.4, 0.5) is 30.6 Å². The minimum absolute atomic E-state index is 0.00296. The summed E-state index contributed by atoms with van der Waals surface area (Å²) in [5, 5.41) is 9.54. The minimum atomic E-state index is -0.574. The van der Waals surface area contributed by atoms with Crippen molar-refractivity contribution in [1.29, 1.82) is 0 Å². The number of benzene rings is 3. The number of ketones is 2. The molecule has 0 radical (unpaired) electrons. The zero-order chi connectivity index (χ0) is 46.6. The molecule has 0 bridgehead atoms. The molecule has 3 heterocycles. The predicted octanol–water partition coefficient (Wildman–Crippen LogP) is 11.8. The fourth-order valence-corrected chi connectivity index (χ4v) is 6.37. The Morgan fingerprint density at radius 3 is 1.32 bits per heavy atom. The van der Waals surface area contributed by atoms with Crippen LogP contribution in [0.15, 0.2) is 53.2 Å². The van der Waals surface area contributed by atoms with Crippen LogP contribution in [-0.4, -0.2) is 71.5 Å². The SMILES string of the molecule is C=C(C)OCC.CC(=O)c1c(F)ccc2nc(C)c(NC(C)C)nc12.Cc1nc2ccc(F)c(Br)c2nc1NC(C)C.Cc1nc2ccc(F)c(C(=O)CBr)c2nc1NC(C)C. The number of nitrogens with zero attached hydrogens (tertiary/aromatic N) is 6. The van der Waals surface area contributed by atoms with E-state index >= 15 is 0 Å². The number of ether oxygens (including phenoxy) is 1. The number of aromatic nitrogens is 6. The highest BCUT2D eigenvalue weighted by atomic mass is 79.9. The number of aryl methyl sites for hydroxylation is 3. The average molecular weight is 986 g/mol. The van der Waals surface area contributed by atoms with Gasteiger partial charge < -0.3 is 20.7 Å². The van der Waals surface area contributed by atoms with Gasteiger partial charge in [-0.1, -0.05) is 22.5 Å². The van der Waals surface area contributed by atoms with Crippen LogP contribution < -0.4 is 16.0 Å². The van der Waals surface area contributed by atoms with E-state index in [0.29, 0.717) is 55.0 Å². The fourth-order valence-electron chi connectivity index (χ4n) is 5.67. The van der Waals surface area contributed by atoms with Gasteiger partial charge in [-0.05, 0) is 135 Å². The molecule has 12 nitrogen and oxygen atoms in total. The summed E-state index contributed by atoms with van der Waals surface area (Å²) in [5.41, 5.74) is 5.10. The molecule has 332 valence electrons. The summed E-state index contributed by atoms with van der Waals surface area (Å²) < 4.78 is 46.3. The van der Waals surface area contributed by atoms with Crippen molar-refractivity contribution in [2.45, 2.75) is 101 Å². The molecule has 0 unspecified atom stereocenters. The summed E-state index contributed by atoms with van der Waals surface area (Å²) in [6.07, 6.45) is 0. The Balaban J connectivity index is 0.000000233. The first kappa shape index (κ1) is 51.1. The van der Waals surface area contributed by atoms with E-state index in [1.165, 1.54) is 37.3 Å². The Morgan fingerprint density at radius 1 is 0.629 bits per heavy atom. The van der Waals surface area contributed by atoms with Crippen molar-refractivity contribution in [2.24, 2.45) is 0 Å². The van der Waals surface area contributed by atoms with E-state index in [4.69, 9.17) is 4.74 Å². The van der Waals surface area contributed by atoms with Crippen molar-refractivity contribution in [3.63, 3.8) is 0 Å². The number of alkyl halides is 1. The van der Waals surface area contributed by atoms with Crippen molar-refractivity contribution in [2.75, 3.05) is 27.9 Å². The molecule has 17 heteroatoms. The van der Waals surface area contributed by atoms with Crippen molar-refractivity contribution in [3.05, 3.63) is 98.9 Å².